The van der Waals surface area contributed by atoms with E-state index in [1.54, 1.807) is 43.9 Å². The van der Waals surface area contributed by atoms with Crippen molar-refractivity contribution in [3.8, 4) is 17.2 Å². The molecule has 0 amide bonds. The fraction of sp³-hybridized carbons (Fsp3) is 0.346. The summed E-state index contributed by atoms with van der Waals surface area (Å²) in [5.74, 6) is 1.17. The number of aromatic nitrogens is 1. The molecule has 3 aromatic rings. The van der Waals surface area contributed by atoms with Gasteiger partial charge in [0, 0.05) is 4.88 Å². The van der Waals surface area contributed by atoms with E-state index in [4.69, 9.17) is 18.9 Å². The molecule has 0 spiro atoms. The van der Waals surface area contributed by atoms with Crippen LogP contribution in [0.15, 0.2) is 50.7 Å². The predicted octanol–water partition coefficient (Wildman–Crippen LogP) is 3.52. The molecule has 0 aliphatic carbocycles. The van der Waals surface area contributed by atoms with Gasteiger partial charge in [-0.2, -0.15) is 0 Å². The molecule has 4 rings (SSSR count). The molecule has 190 valence electrons. The van der Waals surface area contributed by atoms with E-state index < -0.39 is 12.0 Å². The van der Waals surface area contributed by atoms with E-state index in [1.807, 2.05) is 31.4 Å². The third kappa shape index (κ3) is 4.83. The summed E-state index contributed by atoms with van der Waals surface area (Å²) in [5, 5.41) is 1.92. The average molecular weight is 529 g/mol. The van der Waals surface area contributed by atoms with Crippen molar-refractivity contribution in [2.45, 2.75) is 26.8 Å². The third-order valence-corrected chi connectivity index (χ3v) is 7.49. The molecule has 0 fully saturated rings. The number of esters is 1. The Hall–Kier alpha value is -3.37. The highest BCUT2D eigenvalue weighted by molar-refractivity contribution is 7.10. The molecule has 0 saturated carbocycles. The second kappa shape index (κ2) is 10.7. The highest BCUT2D eigenvalue weighted by Gasteiger charge is 2.34. The van der Waals surface area contributed by atoms with E-state index in [1.165, 1.54) is 29.8 Å². The van der Waals surface area contributed by atoms with Gasteiger partial charge in [-0.1, -0.05) is 31.3 Å². The summed E-state index contributed by atoms with van der Waals surface area (Å²) in [4.78, 5) is 32.9. The fourth-order valence-electron chi connectivity index (χ4n) is 3.95. The zero-order valence-electron chi connectivity index (χ0n) is 21.0. The lowest BCUT2D eigenvalue weighted by atomic mass is 10.0. The molecular weight excluding hydrogens is 500 g/mol. The fourth-order valence-corrected chi connectivity index (χ4v) is 5.83. The first kappa shape index (κ1) is 25.7. The van der Waals surface area contributed by atoms with Crippen LogP contribution in [0.2, 0.25) is 0 Å². The van der Waals surface area contributed by atoms with E-state index in [9.17, 15) is 9.59 Å². The number of thiazole rings is 1. The lowest BCUT2D eigenvalue weighted by molar-refractivity contribution is -0.140. The number of fused-ring (bicyclic) bond motifs is 1. The smallest absolute Gasteiger partial charge is 0.338 e. The van der Waals surface area contributed by atoms with E-state index in [0.717, 1.165) is 4.88 Å². The molecule has 1 aliphatic heterocycles. The maximum absolute atomic E-state index is 13.7. The van der Waals surface area contributed by atoms with E-state index >= 15 is 0 Å². The second-order valence-corrected chi connectivity index (χ2v) is 10.5. The predicted molar refractivity (Wildman–Crippen MR) is 140 cm³/mol. The summed E-state index contributed by atoms with van der Waals surface area (Å²) in [5.41, 5.74) is 1.38. The van der Waals surface area contributed by atoms with Crippen LogP contribution >= 0.6 is 22.7 Å². The lowest BCUT2D eigenvalue weighted by Gasteiger charge is -2.23. The summed E-state index contributed by atoms with van der Waals surface area (Å²) >= 11 is 2.74. The van der Waals surface area contributed by atoms with Crippen molar-refractivity contribution in [1.82, 2.24) is 4.57 Å². The van der Waals surface area contributed by atoms with Crippen LogP contribution in [-0.4, -0.2) is 38.5 Å². The molecule has 1 atom stereocenters. The largest absolute Gasteiger partial charge is 0.493 e. The number of rotatable bonds is 8. The van der Waals surface area contributed by atoms with Crippen LogP contribution in [-0.2, 0) is 9.53 Å². The lowest BCUT2D eigenvalue weighted by Crippen LogP contribution is -2.39. The van der Waals surface area contributed by atoms with Gasteiger partial charge in [-0.3, -0.25) is 9.36 Å². The van der Waals surface area contributed by atoms with Crippen molar-refractivity contribution < 1.29 is 23.7 Å². The first-order chi connectivity index (χ1) is 17.3. The van der Waals surface area contributed by atoms with Crippen molar-refractivity contribution in [3.63, 3.8) is 0 Å². The zero-order valence-corrected chi connectivity index (χ0v) is 22.6. The Morgan fingerprint density at radius 3 is 2.42 bits per heavy atom. The minimum absolute atomic E-state index is 0.190. The number of hydrogen-bond acceptors (Lipinski definition) is 9. The van der Waals surface area contributed by atoms with Crippen LogP contribution in [0.25, 0.3) is 6.08 Å². The molecule has 1 aliphatic rings. The second-order valence-electron chi connectivity index (χ2n) is 8.55. The Labute approximate surface area is 216 Å². The number of thiophene rings is 1. The average Bonchev–Trinajstić information content (AvgIpc) is 3.49. The number of carbonyl (C=O) groups is 1. The first-order valence-electron chi connectivity index (χ1n) is 11.3. The molecule has 10 heteroatoms. The Kier molecular flexibility index (Phi) is 7.65. The number of carbonyl (C=O) groups excluding carboxylic acids is 1. The first-order valence-corrected chi connectivity index (χ1v) is 13.0. The van der Waals surface area contributed by atoms with Gasteiger partial charge in [0.15, 0.2) is 16.3 Å². The number of allylic oxidation sites excluding steroid dienone is 1. The standard InChI is InChI=1S/C26H28N2O6S2/c1-14(2)13-34-25(30)21-15(3)27-26-28(22(21)19-8-7-9-35-19)24(29)20(36-26)12-16-10-17(31-4)23(33-6)18(11-16)32-5/h7-12,14,22H,13H2,1-6H3/b20-12+. The normalized spacial score (nSPS) is 15.5. The van der Waals surface area contributed by atoms with Gasteiger partial charge >= 0.3 is 5.97 Å². The zero-order chi connectivity index (χ0) is 26.0. The van der Waals surface area contributed by atoms with Crippen molar-refractivity contribution in [3.05, 3.63) is 71.0 Å². The third-order valence-electron chi connectivity index (χ3n) is 5.59. The molecular formula is C26H28N2O6S2. The van der Waals surface area contributed by atoms with E-state index in [2.05, 4.69) is 4.99 Å². The molecule has 0 radical (unpaired) electrons. The molecule has 8 nitrogen and oxygen atoms in total. The Morgan fingerprint density at radius 1 is 1.17 bits per heavy atom. The highest BCUT2D eigenvalue weighted by atomic mass is 32.1. The van der Waals surface area contributed by atoms with Crippen LogP contribution in [0.3, 0.4) is 0 Å². The Bertz CT molecular complexity index is 1460. The van der Waals surface area contributed by atoms with Gasteiger partial charge in [-0.25, -0.2) is 9.79 Å². The topological polar surface area (TPSA) is 88.4 Å². The van der Waals surface area contributed by atoms with Crippen LogP contribution in [0.1, 0.15) is 37.3 Å². The number of nitrogens with zero attached hydrogens (tertiary/aromatic N) is 2. The Balaban J connectivity index is 1.88. The molecule has 36 heavy (non-hydrogen) atoms. The number of hydrogen-bond donors (Lipinski definition) is 0. The number of methoxy groups -OCH3 is 3. The summed E-state index contributed by atoms with van der Waals surface area (Å²) in [6, 6.07) is 6.76. The monoisotopic (exact) mass is 528 g/mol. The van der Waals surface area contributed by atoms with Gasteiger partial charge in [0.1, 0.15) is 6.04 Å². The molecule has 1 unspecified atom stereocenters. The van der Waals surface area contributed by atoms with Crippen LogP contribution in [0.5, 0.6) is 17.2 Å². The quantitative estimate of drug-likeness (QED) is 0.416. The SMILES string of the molecule is COc1cc(/C=c2/sc3n(c2=O)C(c2cccs2)C(C(=O)OCC(C)C)=C(C)N=3)cc(OC)c1OC. The summed E-state index contributed by atoms with van der Waals surface area (Å²) in [6.07, 6.45) is 1.76. The molecule has 1 aromatic carbocycles. The molecule has 0 saturated heterocycles. The summed E-state index contributed by atoms with van der Waals surface area (Å²) in [7, 11) is 4.62. The Morgan fingerprint density at radius 2 is 1.86 bits per heavy atom. The van der Waals surface area contributed by atoms with Crippen LogP contribution in [0, 0.1) is 5.92 Å². The van der Waals surface area contributed by atoms with E-state index in [-0.39, 0.29) is 11.5 Å². The maximum Gasteiger partial charge on any atom is 0.338 e. The van der Waals surface area contributed by atoms with Gasteiger partial charge in [0.2, 0.25) is 5.75 Å². The minimum atomic E-state index is -0.608. The van der Waals surface area contributed by atoms with Gasteiger partial charge in [-0.05, 0) is 48.1 Å². The summed E-state index contributed by atoms with van der Waals surface area (Å²) < 4.78 is 23.9. The van der Waals surface area contributed by atoms with Crippen molar-refractivity contribution in [1.29, 1.82) is 0 Å². The number of benzene rings is 1. The van der Waals surface area contributed by atoms with Crippen LogP contribution < -0.4 is 29.1 Å². The van der Waals surface area contributed by atoms with Crippen LogP contribution in [0.4, 0.5) is 0 Å². The minimum Gasteiger partial charge on any atom is -0.493 e. The molecule has 3 heterocycles. The van der Waals surface area contributed by atoms with E-state index in [0.29, 0.717) is 50.0 Å². The molecule has 2 aromatic heterocycles. The van der Waals surface area contributed by atoms with Gasteiger partial charge in [-0.15, -0.1) is 11.3 Å². The van der Waals surface area contributed by atoms with Crippen molar-refractivity contribution in [2.75, 3.05) is 27.9 Å². The maximum atomic E-state index is 13.7. The van der Waals surface area contributed by atoms with Gasteiger partial charge < -0.3 is 18.9 Å². The van der Waals surface area contributed by atoms with Gasteiger partial charge in [0.25, 0.3) is 5.56 Å². The van der Waals surface area contributed by atoms with Gasteiger partial charge in [0.05, 0.1) is 43.7 Å². The number of ether oxygens (including phenoxy) is 4. The summed E-state index contributed by atoms with van der Waals surface area (Å²) in [6.45, 7) is 6.02. The molecule has 0 N–H and O–H groups in total. The highest BCUT2D eigenvalue weighted by Crippen LogP contribution is 2.38. The van der Waals surface area contributed by atoms with Crippen molar-refractivity contribution in [2.24, 2.45) is 10.9 Å². The molecule has 0 bridgehead atoms. The van der Waals surface area contributed by atoms with Crippen molar-refractivity contribution >= 4 is 34.7 Å².